The van der Waals surface area contributed by atoms with Crippen LogP contribution in [0, 0.1) is 18.3 Å². The predicted octanol–water partition coefficient (Wildman–Crippen LogP) is 5.97. The summed E-state index contributed by atoms with van der Waals surface area (Å²) in [5.41, 5.74) is 2.19. The molecular formula is C27H23N3O2S. The first-order valence-electron chi connectivity index (χ1n) is 10.9. The number of hydrogen-bond donors (Lipinski definition) is 1. The van der Waals surface area contributed by atoms with Crippen LogP contribution in [0.25, 0.3) is 0 Å². The molecule has 2 aromatic rings. The van der Waals surface area contributed by atoms with E-state index in [4.69, 9.17) is 0 Å². The summed E-state index contributed by atoms with van der Waals surface area (Å²) in [4.78, 5) is 36.5. The molecule has 3 aliphatic rings. The van der Waals surface area contributed by atoms with E-state index in [-0.39, 0.29) is 17.6 Å². The molecule has 0 saturated heterocycles. The molecule has 1 amide bonds. The van der Waals surface area contributed by atoms with E-state index in [0.29, 0.717) is 22.6 Å². The first-order chi connectivity index (χ1) is 16.1. The molecule has 0 aromatic heterocycles. The van der Waals surface area contributed by atoms with Crippen molar-refractivity contribution in [2.45, 2.75) is 19.8 Å². The van der Waals surface area contributed by atoms with Gasteiger partial charge < -0.3 is 5.32 Å². The molecule has 2 aromatic carbocycles. The Morgan fingerprint density at radius 1 is 1.12 bits per heavy atom. The Morgan fingerprint density at radius 3 is 2.76 bits per heavy atom. The maximum absolute atomic E-state index is 13.7. The molecule has 6 heteroatoms. The van der Waals surface area contributed by atoms with Gasteiger partial charge >= 0.3 is 0 Å². The Labute approximate surface area is 197 Å². The highest BCUT2D eigenvalue weighted by Crippen LogP contribution is 2.52. The zero-order chi connectivity index (χ0) is 22.8. The highest BCUT2D eigenvalue weighted by molar-refractivity contribution is 8.05. The SMILES string of the molecule is Cc1ccccc1C(=O)Nc1ccc(C(=O)C2CCC=C3SC=CN=C4N=CC=CC342)cc1. The van der Waals surface area contributed by atoms with E-state index in [1.807, 2.05) is 36.6 Å². The predicted molar refractivity (Wildman–Crippen MR) is 135 cm³/mol. The zero-order valence-electron chi connectivity index (χ0n) is 18.2. The first-order valence-corrected chi connectivity index (χ1v) is 11.8. The lowest BCUT2D eigenvalue weighted by molar-refractivity contribution is 0.0868. The van der Waals surface area contributed by atoms with Crippen molar-refractivity contribution in [3.05, 3.63) is 100.0 Å². The van der Waals surface area contributed by atoms with Crippen LogP contribution in [0.4, 0.5) is 5.69 Å². The Bertz CT molecular complexity index is 1270. The van der Waals surface area contributed by atoms with Gasteiger partial charge in [0.2, 0.25) is 0 Å². The van der Waals surface area contributed by atoms with E-state index in [0.717, 1.165) is 23.3 Å². The monoisotopic (exact) mass is 453 g/mol. The minimum absolute atomic E-state index is 0.0642. The molecule has 0 bridgehead atoms. The average molecular weight is 454 g/mol. The number of benzene rings is 2. The van der Waals surface area contributed by atoms with Gasteiger partial charge in [-0.3, -0.25) is 9.59 Å². The van der Waals surface area contributed by atoms with Crippen LogP contribution >= 0.6 is 11.8 Å². The Balaban J connectivity index is 1.40. The van der Waals surface area contributed by atoms with Crippen molar-refractivity contribution in [3.63, 3.8) is 0 Å². The number of carbonyl (C=O) groups is 2. The Kier molecular flexibility index (Phi) is 5.68. The Hall–Kier alpha value is -3.51. The zero-order valence-corrected chi connectivity index (χ0v) is 19.0. The molecule has 2 heterocycles. The third kappa shape index (κ3) is 3.80. The lowest BCUT2D eigenvalue weighted by atomic mass is 9.65. The van der Waals surface area contributed by atoms with E-state index in [2.05, 4.69) is 27.5 Å². The van der Waals surface area contributed by atoms with E-state index < -0.39 is 5.41 Å². The third-order valence-corrected chi connectivity index (χ3v) is 7.36. The van der Waals surface area contributed by atoms with Gasteiger partial charge in [-0.25, -0.2) is 9.98 Å². The number of hydrogen-bond acceptors (Lipinski definition) is 5. The quantitative estimate of drug-likeness (QED) is 0.580. The van der Waals surface area contributed by atoms with Gasteiger partial charge in [0.05, 0.1) is 5.41 Å². The molecule has 2 atom stereocenters. The van der Waals surface area contributed by atoms with Crippen molar-refractivity contribution in [2.24, 2.45) is 21.3 Å². The lowest BCUT2D eigenvalue weighted by Gasteiger charge is -2.41. The molecule has 164 valence electrons. The molecule has 0 radical (unpaired) electrons. The minimum atomic E-state index is -0.629. The molecule has 1 aliphatic carbocycles. The molecule has 5 rings (SSSR count). The van der Waals surface area contributed by atoms with Crippen LogP contribution in [0.5, 0.6) is 0 Å². The molecule has 2 unspecified atom stereocenters. The number of amidine groups is 1. The number of nitrogens with zero attached hydrogens (tertiary/aromatic N) is 2. The highest BCUT2D eigenvalue weighted by atomic mass is 32.2. The van der Waals surface area contributed by atoms with Crippen LogP contribution in [0.3, 0.4) is 0 Å². The van der Waals surface area contributed by atoms with Gasteiger partial charge in [0.1, 0.15) is 5.84 Å². The van der Waals surface area contributed by atoms with Crippen molar-refractivity contribution < 1.29 is 9.59 Å². The van der Waals surface area contributed by atoms with Crippen molar-refractivity contribution in [1.82, 2.24) is 0 Å². The van der Waals surface area contributed by atoms with Gasteiger partial charge in [0, 0.05) is 40.1 Å². The van der Waals surface area contributed by atoms with E-state index in [1.54, 1.807) is 54.5 Å². The Morgan fingerprint density at radius 2 is 1.94 bits per heavy atom. The maximum atomic E-state index is 13.7. The van der Waals surface area contributed by atoms with Crippen molar-refractivity contribution in [2.75, 3.05) is 5.32 Å². The van der Waals surface area contributed by atoms with Gasteiger partial charge in [0.15, 0.2) is 5.78 Å². The van der Waals surface area contributed by atoms with Gasteiger partial charge in [-0.15, -0.1) is 0 Å². The fourth-order valence-electron chi connectivity index (χ4n) is 4.68. The summed E-state index contributed by atoms with van der Waals surface area (Å²) >= 11 is 1.61. The average Bonchev–Trinajstić information content (AvgIpc) is 3.04. The van der Waals surface area contributed by atoms with Crippen LogP contribution in [0.15, 0.2) is 93.3 Å². The van der Waals surface area contributed by atoms with Crippen LogP contribution in [-0.4, -0.2) is 23.7 Å². The molecule has 1 spiro atoms. The number of amides is 1. The smallest absolute Gasteiger partial charge is 0.255 e. The van der Waals surface area contributed by atoms with Gasteiger partial charge in [-0.05, 0) is 67.1 Å². The van der Waals surface area contributed by atoms with E-state index in [1.165, 1.54) is 0 Å². The standard InChI is InChI=1S/C27H23N3O2S/c1-18-6-2-3-7-21(18)25(32)30-20-12-10-19(11-13-20)24(31)22-8-4-9-23-27(22)14-5-15-28-26(27)29-16-17-33-23/h2-3,5-7,9-17,22H,4,8H2,1H3,(H,30,32). The summed E-state index contributed by atoms with van der Waals surface area (Å²) in [7, 11) is 0. The number of rotatable bonds is 4. The second-order valence-electron chi connectivity index (χ2n) is 8.27. The molecule has 0 saturated carbocycles. The number of aliphatic imine (C=N–C) groups is 2. The highest BCUT2D eigenvalue weighted by Gasteiger charge is 2.50. The number of allylic oxidation sites excluding steroid dienone is 2. The van der Waals surface area contributed by atoms with Crippen molar-refractivity contribution >= 4 is 41.2 Å². The topological polar surface area (TPSA) is 70.9 Å². The van der Waals surface area contributed by atoms with Crippen LogP contribution in [0.1, 0.15) is 39.1 Å². The van der Waals surface area contributed by atoms with Gasteiger partial charge in [-0.2, -0.15) is 0 Å². The van der Waals surface area contributed by atoms with Crippen LogP contribution in [0.2, 0.25) is 0 Å². The molecule has 2 aliphatic heterocycles. The third-order valence-electron chi connectivity index (χ3n) is 6.34. The number of aryl methyl sites for hydroxylation is 1. The number of dihydropyridines is 1. The molecule has 0 fully saturated rings. The normalized spacial score (nSPS) is 23.0. The summed E-state index contributed by atoms with van der Waals surface area (Å²) in [6.07, 6.45) is 11.2. The summed E-state index contributed by atoms with van der Waals surface area (Å²) < 4.78 is 0. The number of carbonyl (C=O) groups excluding carboxylic acids is 2. The summed E-state index contributed by atoms with van der Waals surface area (Å²) in [6, 6.07) is 14.6. The van der Waals surface area contributed by atoms with E-state index in [9.17, 15) is 9.59 Å². The molecule has 1 N–H and O–H groups in total. The minimum Gasteiger partial charge on any atom is -0.322 e. The molecule has 33 heavy (non-hydrogen) atoms. The second kappa shape index (κ2) is 8.79. The van der Waals surface area contributed by atoms with Gasteiger partial charge in [0.25, 0.3) is 5.91 Å². The lowest BCUT2D eigenvalue weighted by Crippen LogP contribution is -2.44. The number of nitrogens with one attached hydrogen (secondary N) is 1. The summed E-state index contributed by atoms with van der Waals surface area (Å²) in [5.74, 6) is 0.277. The van der Waals surface area contributed by atoms with Crippen molar-refractivity contribution in [1.29, 1.82) is 0 Å². The first kappa shape index (κ1) is 21.3. The fraction of sp³-hybridized carbons (Fsp3) is 0.185. The number of anilines is 1. The largest absolute Gasteiger partial charge is 0.322 e. The van der Waals surface area contributed by atoms with E-state index >= 15 is 0 Å². The summed E-state index contributed by atoms with van der Waals surface area (Å²) in [5, 5.41) is 4.87. The molecule has 5 nitrogen and oxygen atoms in total. The molecular weight excluding hydrogens is 430 g/mol. The summed E-state index contributed by atoms with van der Waals surface area (Å²) in [6.45, 7) is 1.91. The van der Waals surface area contributed by atoms with Crippen LogP contribution in [-0.2, 0) is 0 Å². The van der Waals surface area contributed by atoms with Gasteiger partial charge in [-0.1, -0.05) is 42.1 Å². The number of ketones is 1. The maximum Gasteiger partial charge on any atom is 0.255 e. The fourth-order valence-corrected chi connectivity index (χ4v) is 5.66. The number of Topliss-reactive ketones (excluding diaryl/α,β-unsaturated/α-hetero) is 1. The van der Waals surface area contributed by atoms with Crippen molar-refractivity contribution in [3.8, 4) is 0 Å². The number of thioether (sulfide) groups is 1. The van der Waals surface area contributed by atoms with Crippen LogP contribution < -0.4 is 5.32 Å². The second-order valence-corrected chi connectivity index (χ2v) is 9.22.